The molecule has 1 atom stereocenters. The van der Waals surface area contributed by atoms with E-state index in [9.17, 15) is 18.4 Å². The maximum atomic E-state index is 13.2. The number of carbonyl (C=O) groups is 2. The first kappa shape index (κ1) is 20.9. The molecule has 3 rings (SSSR count). The molecule has 0 saturated carbocycles. The molecule has 1 aromatic carbocycles. The summed E-state index contributed by atoms with van der Waals surface area (Å²) in [7, 11) is 0. The van der Waals surface area contributed by atoms with Crippen molar-refractivity contribution in [2.45, 2.75) is 38.6 Å². The third-order valence-electron chi connectivity index (χ3n) is 5.20. The van der Waals surface area contributed by atoms with E-state index in [1.54, 1.807) is 12.4 Å². The van der Waals surface area contributed by atoms with Crippen LogP contribution in [-0.4, -0.2) is 34.8 Å². The Kier molecular flexibility index (Phi) is 7.27. The van der Waals surface area contributed by atoms with Gasteiger partial charge in [-0.1, -0.05) is 12.1 Å². The summed E-state index contributed by atoms with van der Waals surface area (Å²) < 4.78 is 26.2. The van der Waals surface area contributed by atoms with Gasteiger partial charge in [-0.25, -0.2) is 8.78 Å². The van der Waals surface area contributed by atoms with Crippen molar-refractivity contribution >= 4 is 11.8 Å². The number of benzene rings is 1. The van der Waals surface area contributed by atoms with Gasteiger partial charge >= 0.3 is 0 Å². The number of carbonyl (C=O) groups excluding carboxylic acids is 2. The molecule has 154 valence electrons. The van der Waals surface area contributed by atoms with E-state index in [2.05, 4.69) is 10.3 Å². The van der Waals surface area contributed by atoms with Crippen LogP contribution in [0.2, 0.25) is 0 Å². The number of rotatable bonds is 7. The van der Waals surface area contributed by atoms with Crippen LogP contribution in [0.5, 0.6) is 0 Å². The monoisotopic (exact) mass is 401 g/mol. The molecule has 2 aromatic rings. The number of halogens is 2. The van der Waals surface area contributed by atoms with E-state index in [-0.39, 0.29) is 24.3 Å². The van der Waals surface area contributed by atoms with E-state index >= 15 is 0 Å². The standard InChI is InChI=1S/C22H25F2N3O2/c23-19-7-5-18(11-20(19)24)14-26-21(28)8-6-16-4-2-10-27(15-16)22(29)12-17-3-1-9-25-13-17/h1,3,5,7,9,11,13,16H,2,4,6,8,10,12,14-15H2,(H,26,28). The third-order valence-corrected chi connectivity index (χ3v) is 5.20. The van der Waals surface area contributed by atoms with Crippen molar-refractivity contribution in [2.75, 3.05) is 13.1 Å². The van der Waals surface area contributed by atoms with Gasteiger partial charge in [-0.05, 0) is 54.5 Å². The van der Waals surface area contributed by atoms with E-state index < -0.39 is 11.6 Å². The first-order valence-corrected chi connectivity index (χ1v) is 9.88. The van der Waals surface area contributed by atoms with Gasteiger partial charge in [0.05, 0.1) is 6.42 Å². The maximum Gasteiger partial charge on any atom is 0.227 e. The van der Waals surface area contributed by atoms with Gasteiger partial charge in [0.2, 0.25) is 11.8 Å². The van der Waals surface area contributed by atoms with E-state index in [0.29, 0.717) is 31.4 Å². The van der Waals surface area contributed by atoms with Gasteiger partial charge < -0.3 is 10.2 Å². The van der Waals surface area contributed by atoms with Gasteiger partial charge in [0, 0.05) is 38.4 Å². The van der Waals surface area contributed by atoms with Gasteiger partial charge in [-0.2, -0.15) is 0 Å². The number of likely N-dealkylation sites (tertiary alicyclic amines) is 1. The highest BCUT2D eigenvalue weighted by Crippen LogP contribution is 2.21. The summed E-state index contributed by atoms with van der Waals surface area (Å²) in [6.45, 7) is 1.57. The second-order valence-electron chi connectivity index (χ2n) is 7.45. The van der Waals surface area contributed by atoms with E-state index in [0.717, 1.165) is 37.1 Å². The molecule has 0 bridgehead atoms. The quantitative estimate of drug-likeness (QED) is 0.775. The van der Waals surface area contributed by atoms with Gasteiger partial charge in [-0.15, -0.1) is 0 Å². The van der Waals surface area contributed by atoms with Crippen molar-refractivity contribution in [3.8, 4) is 0 Å². The number of nitrogens with zero attached hydrogens (tertiary/aromatic N) is 2. The Balaban J connectivity index is 1.41. The Morgan fingerprint density at radius 3 is 2.79 bits per heavy atom. The van der Waals surface area contributed by atoms with Crippen molar-refractivity contribution in [2.24, 2.45) is 5.92 Å². The van der Waals surface area contributed by atoms with Gasteiger partial charge in [-0.3, -0.25) is 14.6 Å². The van der Waals surface area contributed by atoms with E-state index in [4.69, 9.17) is 0 Å². The molecule has 1 fully saturated rings. The Labute approximate surface area is 169 Å². The summed E-state index contributed by atoms with van der Waals surface area (Å²) >= 11 is 0. The van der Waals surface area contributed by atoms with Crippen LogP contribution < -0.4 is 5.32 Å². The fraction of sp³-hybridized carbons (Fsp3) is 0.409. The zero-order chi connectivity index (χ0) is 20.6. The molecule has 7 heteroatoms. The number of hydrogen-bond donors (Lipinski definition) is 1. The van der Waals surface area contributed by atoms with Crippen LogP contribution in [0.4, 0.5) is 8.78 Å². The largest absolute Gasteiger partial charge is 0.352 e. The number of amides is 2. The summed E-state index contributed by atoms with van der Waals surface area (Å²) in [5.41, 5.74) is 1.42. The molecular weight excluding hydrogens is 376 g/mol. The molecule has 0 spiro atoms. The average molecular weight is 401 g/mol. The lowest BCUT2D eigenvalue weighted by Gasteiger charge is -2.33. The second-order valence-corrected chi connectivity index (χ2v) is 7.45. The highest BCUT2D eigenvalue weighted by molar-refractivity contribution is 5.79. The zero-order valence-corrected chi connectivity index (χ0v) is 16.2. The molecule has 2 heterocycles. The average Bonchev–Trinajstić information content (AvgIpc) is 2.74. The second kappa shape index (κ2) is 10.1. The number of piperidine rings is 1. The Morgan fingerprint density at radius 1 is 1.17 bits per heavy atom. The first-order valence-electron chi connectivity index (χ1n) is 9.88. The molecule has 1 unspecified atom stereocenters. The molecule has 1 aromatic heterocycles. The smallest absolute Gasteiger partial charge is 0.227 e. The minimum absolute atomic E-state index is 0.0884. The summed E-state index contributed by atoms with van der Waals surface area (Å²) in [4.78, 5) is 30.5. The summed E-state index contributed by atoms with van der Waals surface area (Å²) in [6.07, 6.45) is 6.70. The predicted octanol–water partition coefficient (Wildman–Crippen LogP) is 3.24. The summed E-state index contributed by atoms with van der Waals surface area (Å²) in [5.74, 6) is -1.58. The lowest BCUT2D eigenvalue weighted by Crippen LogP contribution is -2.41. The third kappa shape index (κ3) is 6.34. The number of pyridine rings is 1. The van der Waals surface area contributed by atoms with Crippen LogP contribution in [-0.2, 0) is 22.6 Å². The van der Waals surface area contributed by atoms with Crippen molar-refractivity contribution in [1.82, 2.24) is 15.2 Å². The van der Waals surface area contributed by atoms with Crippen LogP contribution in [0, 0.1) is 17.6 Å². The van der Waals surface area contributed by atoms with E-state index in [1.165, 1.54) is 6.07 Å². The Hall–Kier alpha value is -2.83. The fourth-order valence-electron chi connectivity index (χ4n) is 3.59. The van der Waals surface area contributed by atoms with Gasteiger partial charge in [0.1, 0.15) is 0 Å². The van der Waals surface area contributed by atoms with Crippen molar-refractivity contribution < 1.29 is 18.4 Å². The Bertz CT molecular complexity index is 845. The molecule has 1 saturated heterocycles. The minimum Gasteiger partial charge on any atom is -0.352 e. The van der Waals surface area contributed by atoms with Crippen molar-refractivity contribution in [3.05, 3.63) is 65.5 Å². The topological polar surface area (TPSA) is 62.3 Å². The molecule has 1 aliphatic heterocycles. The summed E-state index contributed by atoms with van der Waals surface area (Å²) in [5, 5.41) is 2.74. The molecule has 0 aliphatic carbocycles. The molecule has 29 heavy (non-hydrogen) atoms. The number of aromatic nitrogens is 1. The lowest BCUT2D eigenvalue weighted by atomic mass is 9.93. The highest BCUT2D eigenvalue weighted by Gasteiger charge is 2.24. The van der Waals surface area contributed by atoms with Crippen LogP contribution >= 0.6 is 0 Å². The lowest BCUT2D eigenvalue weighted by molar-refractivity contribution is -0.132. The van der Waals surface area contributed by atoms with Crippen LogP contribution in [0.25, 0.3) is 0 Å². The molecule has 1 aliphatic rings. The highest BCUT2D eigenvalue weighted by atomic mass is 19.2. The molecule has 5 nitrogen and oxygen atoms in total. The van der Waals surface area contributed by atoms with Crippen LogP contribution in [0.3, 0.4) is 0 Å². The first-order chi connectivity index (χ1) is 14.0. The van der Waals surface area contributed by atoms with Crippen molar-refractivity contribution in [3.63, 3.8) is 0 Å². The SMILES string of the molecule is O=C(CCC1CCCN(C(=O)Cc2cccnc2)C1)NCc1ccc(F)c(F)c1. The molecule has 1 N–H and O–H groups in total. The normalized spacial score (nSPS) is 16.5. The number of nitrogens with one attached hydrogen (secondary N) is 1. The summed E-state index contributed by atoms with van der Waals surface area (Å²) in [6, 6.07) is 7.30. The van der Waals surface area contributed by atoms with Crippen LogP contribution in [0.1, 0.15) is 36.8 Å². The predicted molar refractivity (Wildman–Crippen MR) is 105 cm³/mol. The van der Waals surface area contributed by atoms with Gasteiger partial charge in [0.25, 0.3) is 0 Å². The van der Waals surface area contributed by atoms with E-state index in [1.807, 2.05) is 17.0 Å². The molecule has 0 radical (unpaired) electrons. The minimum atomic E-state index is -0.921. The molecular formula is C22H25F2N3O2. The number of hydrogen-bond acceptors (Lipinski definition) is 3. The molecule has 2 amide bonds. The van der Waals surface area contributed by atoms with Gasteiger partial charge in [0.15, 0.2) is 11.6 Å². The Morgan fingerprint density at radius 2 is 2.03 bits per heavy atom. The fourth-order valence-corrected chi connectivity index (χ4v) is 3.59. The maximum absolute atomic E-state index is 13.2. The van der Waals surface area contributed by atoms with Crippen molar-refractivity contribution in [1.29, 1.82) is 0 Å². The zero-order valence-electron chi connectivity index (χ0n) is 16.2. The van der Waals surface area contributed by atoms with Crippen LogP contribution in [0.15, 0.2) is 42.7 Å².